The summed E-state index contributed by atoms with van der Waals surface area (Å²) in [6.45, 7) is 0.229. The smallest absolute Gasteiger partial charge is 0.238 e. The summed E-state index contributed by atoms with van der Waals surface area (Å²) < 4.78 is 16.0. The van der Waals surface area contributed by atoms with Gasteiger partial charge in [0.15, 0.2) is 11.5 Å². The van der Waals surface area contributed by atoms with Gasteiger partial charge in [0, 0.05) is 5.69 Å². The highest BCUT2D eigenvalue weighted by Gasteiger charge is 2.35. The van der Waals surface area contributed by atoms with E-state index in [9.17, 15) is 4.79 Å². The van der Waals surface area contributed by atoms with Crippen LogP contribution in [0.25, 0.3) is 0 Å². The number of hydrogen-bond donors (Lipinski definition) is 0. The zero-order valence-electron chi connectivity index (χ0n) is 12.8. The highest BCUT2D eigenvalue weighted by molar-refractivity contribution is 8.00. The van der Waals surface area contributed by atoms with Crippen LogP contribution in [0, 0.1) is 0 Å². The second kappa shape index (κ2) is 6.11. The number of carbonyl (C=O) groups is 1. The standard InChI is InChI=1S/C17H14ClNO4S/c1-21-13-5-3-11(7-12(13)18)19-16(20)8-24-17(19)10-2-4-14-15(6-10)23-9-22-14/h2-7,17H,8-9H2,1H3. The summed E-state index contributed by atoms with van der Waals surface area (Å²) in [7, 11) is 1.56. The third-order valence-corrected chi connectivity index (χ3v) is 5.47. The predicted molar refractivity (Wildman–Crippen MR) is 93.3 cm³/mol. The minimum atomic E-state index is -0.128. The van der Waals surface area contributed by atoms with E-state index in [1.165, 1.54) is 0 Å². The molecule has 2 aromatic carbocycles. The summed E-state index contributed by atoms with van der Waals surface area (Å²) in [6.07, 6.45) is 0. The number of carbonyl (C=O) groups excluding carboxylic acids is 1. The molecule has 2 aliphatic heterocycles. The molecule has 0 radical (unpaired) electrons. The number of halogens is 1. The van der Waals surface area contributed by atoms with Crippen molar-refractivity contribution in [2.24, 2.45) is 0 Å². The van der Waals surface area contributed by atoms with E-state index in [2.05, 4.69) is 0 Å². The Labute approximate surface area is 148 Å². The van der Waals surface area contributed by atoms with Crippen molar-refractivity contribution >= 4 is 35.0 Å². The van der Waals surface area contributed by atoms with Gasteiger partial charge in [0.2, 0.25) is 12.7 Å². The normalized spacial score (nSPS) is 19.0. The Hall–Kier alpha value is -2.05. The lowest BCUT2D eigenvalue weighted by molar-refractivity contribution is -0.115. The van der Waals surface area contributed by atoms with Crippen LogP contribution in [0.2, 0.25) is 5.02 Å². The number of hydrogen-bond acceptors (Lipinski definition) is 5. The van der Waals surface area contributed by atoms with E-state index in [1.807, 2.05) is 24.3 Å². The molecule has 1 fully saturated rings. The molecular weight excluding hydrogens is 350 g/mol. The lowest BCUT2D eigenvalue weighted by Crippen LogP contribution is -2.27. The molecule has 0 saturated carbocycles. The summed E-state index contributed by atoms with van der Waals surface area (Å²) in [6, 6.07) is 11.1. The number of amides is 1. The molecule has 7 heteroatoms. The third kappa shape index (κ3) is 2.56. The highest BCUT2D eigenvalue weighted by Crippen LogP contribution is 2.45. The Morgan fingerprint density at radius 2 is 2.04 bits per heavy atom. The molecule has 5 nitrogen and oxygen atoms in total. The topological polar surface area (TPSA) is 48.0 Å². The molecule has 0 aliphatic carbocycles. The van der Waals surface area contributed by atoms with E-state index in [0.29, 0.717) is 22.3 Å². The maximum Gasteiger partial charge on any atom is 0.238 e. The summed E-state index contributed by atoms with van der Waals surface area (Å²) in [5, 5.41) is 0.348. The van der Waals surface area contributed by atoms with Crippen LogP contribution in [-0.4, -0.2) is 25.6 Å². The molecule has 2 aliphatic rings. The van der Waals surface area contributed by atoms with E-state index < -0.39 is 0 Å². The molecule has 0 aromatic heterocycles. The Morgan fingerprint density at radius 1 is 1.21 bits per heavy atom. The molecule has 24 heavy (non-hydrogen) atoms. The maximum atomic E-state index is 12.4. The number of thioether (sulfide) groups is 1. The minimum Gasteiger partial charge on any atom is -0.495 e. The molecule has 124 valence electrons. The Bertz CT molecular complexity index is 813. The van der Waals surface area contributed by atoms with E-state index >= 15 is 0 Å². The number of methoxy groups -OCH3 is 1. The van der Waals surface area contributed by atoms with Gasteiger partial charge in [-0.2, -0.15) is 0 Å². The Balaban J connectivity index is 1.70. The predicted octanol–water partition coefficient (Wildman–Crippen LogP) is 3.86. The van der Waals surface area contributed by atoms with Crippen LogP contribution in [0.3, 0.4) is 0 Å². The van der Waals surface area contributed by atoms with Gasteiger partial charge in [0.05, 0.1) is 17.9 Å². The van der Waals surface area contributed by atoms with Crippen molar-refractivity contribution in [2.45, 2.75) is 5.37 Å². The van der Waals surface area contributed by atoms with Crippen LogP contribution >= 0.6 is 23.4 Å². The molecule has 0 bridgehead atoms. The lowest BCUT2D eigenvalue weighted by atomic mass is 10.1. The molecule has 0 spiro atoms. The molecule has 0 N–H and O–H groups in total. The summed E-state index contributed by atoms with van der Waals surface area (Å²) in [5.41, 5.74) is 1.74. The number of nitrogens with zero attached hydrogens (tertiary/aromatic N) is 1. The second-order valence-electron chi connectivity index (χ2n) is 5.36. The van der Waals surface area contributed by atoms with Gasteiger partial charge < -0.3 is 14.2 Å². The van der Waals surface area contributed by atoms with Crippen LogP contribution < -0.4 is 19.1 Å². The van der Waals surface area contributed by atoms with Crippen LogP contribution in [0.15, 0.2) is 36.4 Å². The van der Waals surface area contributed by atoms with Gasteiger partial charge in [-0.05, 0) is 35.9 Å². The summed E-state index contributed by atoms with van der Waals surface area (Å²) in [4.78, 5) is 14.2. The number of anilines is 1. The Morgan fingerprint density at radius 3 is 2.83 bits per heavy atom. The van der Waals surface area contributed by atoms with Crippen molar-refractivity contribution in [1.82, 2.24) is 0 Å². The fraction of sp³-hybridized carbons (Fsp3) is 0.235. The largest absolute Gasteiger partial charge is 0.495 e. The number of benzene rings is 2. The second-order valence-corrected chi connectivity index (χ2v) is 6.83. The number of ether oxygens (including phenoxy) is 3. The SMILES string of the molecule is COc1ccc(N2C(=O)CSC2c2ccc3c(c2)OCO3)cc1Cl. The van der Waals surface area contributed by atoms with E-state index in [-0.39, 0.29) is 18.1 Å². The lowest BCUT2D eigenvalue weighted by Gasteiger charge is -2.25. The molecule has 1 amide bonds. The van der Waals surface area contributed by atoms with Gasteiger partial charge in [-0.1, -0.05) is 17.7 Å². The average Bonchev–Trinajstić information content (AvgIpc) is 3.20. The van der Waals surface area contributed by atoms with Crippen LogP contribution in [0.5, 0.6) is 17.2 Å². The fourth-order valence-corrected chi connectivity index (χ4v) is 4.24. The van der Waals surface area contributed by atoms with Crippen LogP contribution in [-0.2, 0) is 4.79 Å². The van der Waals surface area contributed by atoms with E-state index in [1.54, 1.807) is 35.9 Å². The van der Waals surface area contributed by atoms with Crippen molar-refractivity contribution in [3.8, 4) is 17.2 Å². The summed E-state index contributed by atoms with van der Waals surface area (Å²) >= 11 is 7.79. The molecular formula is C17H14ClNO4S. The van der Waals surface area contributed by atoms with Gasteiger partial charge in [0.25, 0.3) is 0 Å². The van der Waals surface area contributed by atoms with Crippen molar-refractivity contribution in [1.29, 1.82) is 0 Å². The van der Waals surface area contributed by atoms with Crippen molar-refractivity contribution in [2.75, 3.05) is 24.6 Å². The molecule has 1 saturated heterocycles. The highest BCUT2D eigenvalue weighted by atomic mass is 35.5. The van der Waals surface area contributed by atoms with Gasteiger partial charge in [0.1, 0.15) is 11.1 Å². The fourth-order valence-electron chi connectivity index (χ4n) is 2.82. The maximum absolute atomic E-state index is 12.4. The van der Waals surface area contributed by atoms with Gasteiger partial charge in [-0.15, -0.1) is 11.8 Å². The van der Waals surface area contributed by atoms with Crippen LogP contribution in [0.1, 0.15) is 10.9 Å². The zero-order chi connectivity index (χ0) is 16.7. The van der Waals surface area contributed by atoms with Gasteiger partial charge >= 0.3 is 0 Å². The Kier molecular flexibility index (Phi) is 3.94. The van der Waals surface area contributed by atoms with E-state index in [0.717, 1.165) is 17.0 Å². The summed E-state index contributed by atoms with van der Waals surface area (Å²) in [5.74, 6) is 2.48. The molecule has 2 heterocycles. The van der Waals surface area contributed by atoms with Gasteiger partial charge in [-0.3, -0.25) is 9.69 Å². The molecule has 4 rings (SSSR count). The molecule has 2 aromatic rings. The van der Waals surface area contributed by atoms with Crippen molar-refractivity contribution in [3.63, 3.8) is 0 Å². The van der Waals surface area contributed by atoms with E-state index in [4.69, 9.17) is 25.8 Å². The third-order valence-electron chi connectivity index (χ3n) is 3.96. The minimum absolute atomic E-state index is 0.0453. The first-order valence-corrected chi connectivity index (χ1v) is 8.77. The van der Waals surface area contributed by atoms with Gasteiger partial charge in [-0.25, -0.2) is 0 Å². The average molecular weight is 364 g/mol. The first-order valence-electron chi connectivity index (χ1n) is 7.34. The van der Waals surface area contributed by atoms with Crippen LogP contribution in [0.4, 0.5) is 5.69 Å². The van der Waals surface area contributed by atoms with Crippen molar-refractivity contribution in [3.05, 3.63) is 47.0 Å². The monoisotopic (exact) mass is 363 g/mol. The zero-order valence-corrected chi connectivity index (χ0v) is 14.4. The quantitative estimate of drug-likeness (QED) is 0.828. The number of rotatable bonds is 3. The number of fused-ring (bicyclic) bond motifs is 1. The first-order chi connectivity index (χ1) is 11.7. The molecule has 1 unspecified atom stereocenters. The molecule has 1 atom stereocenters. The first kappa shape index (κ1) is 15.5. The van der Waals surface area contributed by atoms with Crippen molar-refractivity contribution < 1.29 is 19.0 Å².